The molecular formula is C5H8NO. The van der Waals surface area contributed by atoms with E-state index in [9.17, 15) is 0 Å². The fourth-order valence-corrected chi connectivity index (χ4v) is 0.457. The number of nitrogens with one attached hydrogen (secondary N) is 1. The van der Waals surface area contributed by atoms with Gasteiger partial charge in [0, 0.05) is 13.1 Å². The van der Waals surface area contributed by atoms with E-state index in [0.717, 1.165) is 19.7 Å². The summed E-state index contributed by atoms with van der Waals surface area (Å²) in [5, 5.41) is 3.10. The second-order valence-electron chi connectivity index (χ2n) is 1.37. The number of hydrogen-bond acceptors (Lipinski definition) is 2. The van der Waals surface area contributed by atoms with Crippen molar-refractivity contribution in [2.75, 3.05) is 19.7 Å². The van der Waals surface area contributed by atoms with Crippen LogP contribution in [-0.2, 0) is 4.74 Å². The Bertz CT molecular complexity index is 62.5. The molecule has 1 aliphatic rings. The van der Waals surface area contributed by atoms with Crippen LogP contribution in [0.5, 0.6) is 0 Å². The molecular weight excluding hydrogens is 90.1 g/mol. The van der Waals surface area contributed by atoms with Crippen LogP contribution >= 0.6 is 0 Å². The summed E-state index contributed by atoms with van der Waals surface area (Å²) in [6.45, 7) is 2.57. The zero-order chi connectivity index (χ0) is 4.95. The summed E-state index contributed by atoms with van der Waals surface area (Å²) in [5.41, 5.74) is 0. The van der Waals surface area contributed by atoms with E-state index in [4.69, 9.17) is 4.74 Å². The van der Waals surface area contributed by atoms with Crippen LogP contribution < -0.4 is 5.32 Å². The Hall–Kier alpha value is -0.500. The Morgan fingerprint density at radius 2 is 2.71 bits per heavy atom. The minimum absolute atomic E-state index is 0.747. The van der Waals surface area contributed by atoms with Crippen molar-refractivity contribution >= 4 is 0 Å². The van der Waals surface area contributed by atoms with E-state index in [1.54, 1.807) is 0 Å². The average Bonchev–Trinajstić information content (AvgIpc) is 1.90. The highest BCUT2D eigenvalue weighted by Gasteiger charge is 1.87. The SMILES string of the molecule is [C]1=CCNCCO1. The van der Waals surface area contributed by atoms with Gasteiger partial charge in [-0.05, 0) is 6.08 Å². The maximum atomic E-state index is 4.83. The molecule has 0 fully saturated rings. The van der Waals surface area contributed by atoms with Crippen molar-refractivity contribution in [3.63, 3.8) is 0 Å². The first-order valence-corrected chi connectivity index (χ1v) is 2.40. The summed E-state index contributed by atoms with van der Waals surface area (Å²) in [4.78, 5) is 0. The Kier molecular flexibility index (Phi) is 1.75. The lowest BCUT2D eigenvalue weighted by molar-refractivity contribution is 0.237. The van der Waals surface area contributed by atoms with Gasteiger partial charge in [0.1, 0.15) is 6.61 Å². The first kappa shape index (κ1) is 4.65. The minimum atomic E-state index is 0.747. The first-order chi connectivity index (χ1) is 3.50. The fourth-order valence-electron chi connectivity index (χ4n) is 0.457. The summed E-state index contributed by atoms with van der Waals surface area (Å²) in [7, 11) is 0. The van der Waals surface area contributed by atoms with Gasteiger partial charge in [0.05, 0.1) is 0 Å². The van der Waals surface area contributed by atoms with Crippen LogP contribution in [0.1, 0.15) is 0 Å². The predicted octanol–water partition coefficient (Wildman–Crippen LogP) is -0.0769. The van der Waals surface area contributed by atoms with Gasteiger partial charge in [0.2, 0.25) is 0 Å². The second kappa shape index (κ2) is 2.64. The van der Waals surface area contributed by atoms with Crippen molar-refractivity contribution in [2.24, 2.45) is 0 Å². The van der Waals surface area contributed by atoms with Crippen molar-refractivity contribution in [1.82, 2.24) is 5.32 Å². The molecule has 2 heteroatoms. The summed E-state index contributed by atoms with van der Waals surface area (Å²) in [5.74, 6) is 0. The van der Waals surface area contributed by atoms with Crippen LogP contribution in [0, 0.1) is 6.26 Å². The van der Waals surface area contributed by atoms with Gasteiger partial charge in [-0.15, -0.1) is 0 Å². The number of rotatable bonds is 0. The molecule has 0 atom stereocenters. The topological polar surface area (TPSA) is 21.3 Å². The third-order valence-corrected chi connectivity index (χ3v) is 0.794. The zero-order valence-corrected chi connectivity index (χ0v) is 4.11. The smallest absolute Gasteiger partial charge is 0.158 e. The van der Waals surface area contributed by atoms with Gasteiger partial charge in [0.25, 0.3) is 0 Å². The average molecular weight is 98.1 g/mol. The van der Waals surface area contributed by atoms with Crippen molar-refractivity contribution in [2.45, 2.75) is 0 Å². The Balaban J connectivity index is 2.20. The molecule has 1 N–H and O–H groups in total. The maximum Gasteiger partial charge on any atom is 0.158 e. The van der Waals surface area contributed by atoms with Gasteiger partial charge < -0.3 is 10.1 Å². The Labute approximate surface area is 43.2 Å². The molecule has 1 rings (SSSR count). The van der Waals surface area contributed by atoms with Crippen LogP contribution in [0.2, 0.25) is 0 Å². The van der Waals surface area contributed by atoms with E-state index >= 15 is 0 Å². The predicted molar refractivity (Wildman–Crippen MR) is 26.6 cm³/mol. The summed E-state index contributed by atoms with van der Waals surface area (Å²) >= 11 is 0. The van der Waals surface area contributed by atoms with Gasteiger partial charge in [0.15, 0.2) is 6.26 Å². The largest absolute Gasteiger partial charge is 0.489 e. The van der Waals surface area contributed by atoms with Gasteiger partial charge in [-0.1, -0.05) is 0 Å². The highest BCUT2D eigenvalue weighted by Crippen LogP contribution is 1.78. The molecule has 0 unspecified atom stereocenters. The van der Waals surface area contributed by atoms with Gasteiger partial charge in [-0.2, -0.15) is 0 Å². The molecule has 0 bridgehead atoms. The second-order valence-corrected chi connectivity index (χ2v) is 1.37. The standard InChI is InChI=1S/C5H8NO/c1-2-6-3-5-7-4-1/h1,6H,2-3,5H2. The summed E-state index contributed by atoms with van der Waals surface area (Å²) in [6, 6.07) is 0. The maximum absolute atomic E-state index is 4.83. The molecule has 0 aliphatic carbocycles. The normalized spacial score (nSPS) is 20.6. The van der Waals surface area contributed by atoms with Gasteiger partial charge >= 0.3 is 0 Å². The quantitative estimate of drug-likeness (QED) is 0.457. The molecule has 0 spiro atoms. The van der Waals surface area contributed by atoms with Crippen LogP contribution in [-0.4, -0.2) is 19.7 Å². The van der Waals surface area contributed by atoms with E-state index in [2.05, 4.69) is 11.6 Å². The van der Waals surface area contributed by atoms with Crippen molar-refractivity contribution < 1.29 is 4.74 Å². The summed E-state index contributed by atoms with van der Waals surface area (Å²) in [6.07, 6.45) is 4.50. The highest BCUT2D eigenvalue weighted by atomic mass is 16.5. The molecule has 1 radical (unpaired) electrons. The van der Waals surface area contributed by atoms with E-state index in [-0.39, 0.29) is 0 Å². The van der Waals surface area contributed by atoms with Crippen molar-refractivity contribution in [1.29, 1.82) is 0 Å². The molecule has 0 amide bonds. The molecule has 0 aromatic carbocycles. The highest BCUT2D eigenvalue weighted by molar-refractivity contribution is 4.72. The molecule has 1 heterocycles. The van der Waals surface area contributed by atoms with Crippen molar-refractivity contribution in [3.05, 3.63) is 12.3 Å². The van der Waals surface area contributed by atoms with E-state index < -0.39 is 0 Å². The summed E-state index contributed by atoms with van der Waals surface area (Å²) < 4.78 is 4.83. The van der Waals surface area contributed by atoms with Crippen LogP contribution in [0.3, 0.4) is 0 Å². The molecule has 1 aliphatic heterocycles. The van der Waals surface area contributed by atoms with E-state index in [1.807, 2.05) is 6.08 Å². The van der Waals surface area contributed by atoms with Gasteiger partial charge in [-0.3, -0.25) is 0 Å². The van der Waals surface area contributed by atoms with E-state index in [0.29, 0.717) is 0 Å². The fraction of sp³-hybridized carbons (Fsp3) is 0.600. The monoisotopic (exact) mass is 98.1 g/mol. The lowest BCUT2D eigenvalue weighted by Gasteiger charge is -1.92. The third-order valence-electron chi connectivity index (χ3n) is 0.794. The lowest BCUT2D eigenvalue weighted by atomic mass is 10.6. The molecule has 0 saturated carbocycles. The third kappa shape index (κ3) is 1.59. The Morgan fingerprint density at radius 1 is 1.71 bits per heavy atom. The molecule has 39 valence electrons. The number of hydrogen-bond donors (Lipinski definition) is 1. The molecule has 0 saturated heterocycles. The molecule has 0 aromatic heterocycles. The van der Waals surface area contributed by atoms with Crippen LogP contribution in [0.4, 0.5) is 0 Å². The zero-order valence-electron chi connectivity index (χ0n) is 4.11. The molecule has 7 heavy (non-hydrogen) atoms. The van der Waals surface area contributed by atoms with Crippen molar-refractivity contribution in [3.8, 4) is 0 Å². The first-order valence-electron chi connectivity index (χ1n) is 2.40. The van der Waals surface area contributed by atoms with Crippen LogP contribution in [0.25, 0.3) is 0 Å². The van der Waals surface area contributed by atoms with Crippen LogP contribution in [0.15, 0.2) is 6.08 Å². The number of ether oxygens (including phenoxy) is 1. The minimum Gasteiger partial charge on any atom is -0.489 e. The van der Waals surface area contributed by atoms with Gasteiger partial charge in [-0.25, -0.2) is 0 Å². The molecule has 2 nitrogen and oxygen atoms in total. The molecule has 0 aromatic rings. The Morgan fingerprint density at radius 3 is 3.71 bits per heavy atom. The van der Waals surface area contributed by atoms with E-state index in [1.165, 1.54) is 0 Å². The lowest BCUT2D eigenvalue weighted by Crippen LogP contribution is -2.15.